The van der Waals surface area contributed by atoms with E-state index in [0.717, 1.165) is 38.4 Å². The Hall–Kier alpha value is -0.610. The number of carbonyl (C=O) groups excluding carboxylic acids is 1. The summed E-state index contributed by atoms with van der Waals surface area (Å²) < 4.78 is 0. The fourth-order valence-corrected chi connectivity index (χ4v) is 3.92. The van der Waals surface area contributed by atoms with Crippen LogP contribution < -0.4 is 10.6 Å². The van der Waals surface area contributed by atoms with E-state index in [1.54, 1.807) is 0 Å². The van der Waals surface area contributed by atoms with E-state index in [0.29, 0.717) is 11.9 Å². The molecule has 3 heterocycles. The summed E-state index contributed by atoms with van der Waals surface area (Å²) in [5.74, 6) is 0.297. The summed E-state index contributed by atoms with van der Waals surface area (Å²) in [5, 5.41) is 6.69. The minimum absolute atomic E-state index is 0.141. The molecule has 0 aromatic rings. The Bertz CT molecular complexity index is 338. The second kappa shape index (κ2) is 5.41. The molecule has 2 N–H and O–H groups in total. The van der Waals surface area contributed by atoms with Crippen LogP contribution in [0.3, 0.4) is 0 Å². The summed E-state index contributed by atoms with van der Waals surface area (Å²) >= 11 is 0. The van der Waals surface area contributed by atoms with Crippen molar-refractivity contribution in [1.82, 2.24) is 15.5 Å². The van der Waals surface area contributed by atoms with Crippen LogP contribution in [0.25, 0.3) is 0 Å². The number of hydrogen-bond acceptors (Lipinski definition) is 3. The highest BCUT2D eigenvalue weighted by atomic mass is 16.2. The molecule has 0 aromatic heterocycles. The molecule has 3 saturated heterocycles. The maximum Gasteiger partial charge on any atom is 0.226 e. The normalized spacial score (nSPS) is 34.8. The Kier molecular flexibility index (Phi) is 3.81. The second-order valence-electron chi connectivity index (χ2n) is 6.84. The van der Waals surface area contributed by atoms with Crippen LogP contribution in [0, 0.1) is 5.41 Å². The monoisotopic (exact) mass is 265 g/mol. The van der Waals surface area contributed by atoms with Crippen molar-refractivity contribution in [1.29, 1.82) is 0 Å². The van der Waals surface area contributed by atoms with Crippen molar-refractivity contribution < 1.29 is 4.79 Å². The molecule has 3 aliphatic rings. The number of nitrogens with one attached hydrogen (secondary N) is 2. The highest BCUT2D eigenvalue weighted by molar-refractivity contribution is 5.82. The van der Waals surface area contributed by atoms with Crippen molar-refractivity contribution in [2.75, 3.05) is 26.2 Å². The molecule has 0 aliphatic carbocycles. The van der Waals surface area contributed by atoms with Gasteiger partial charge < -0.3 is 15.5 Å². The van der Waals surface area contributed by atoms with E-state index in [2.05, 4.69) is 22.5 Å². The van der Waals surface area contributed by atoms with E-state index in [9.17, 15) is 4.79 Å². The molecule has 2 atom stereocenters. The molecular weight excluding hydrogens is 238 g/mol. The van der Waals surface area contributed by atoms with Gasteiger partial charge in [-0.15, -0.1) is 0 Å². The van der Waals surface area contributed by atoms with Crippen LogP contribution >= 0.6 is 0 Å². The highest BCUT2D eigenvalue weighted by Crippen LogP contribution is 2.30. The van der Waals surface area contributed by atoms with E-state index < -0.39 is 0 Å². The molecule has 19 heavy (non-hydrogen) atoms. The quantitative estimate of drug-likeness (QED) is 0.786. The van der Waals surface area contributed by atoms with E-state index in [4.69, 9.17) is 0 Å². The minimum Gasteiger partial charge on any atom is -0.353 e. The van der Waals surface area contributed by atoms with Gasteiger partial charge >= 0.3 is 0 Å². The molecule has 0 bridgehead atoms. The summed E-state index contributed by atoms with van der Waals surface area (Å²) in [6.07, 6.45) is 6.92. The minimum atomic E-state index is -0.141. The third-order valence-electron chi connectivity index (χ3n) is 5.41. The fourth-order valence-electron chi connectivity index (χ4n) is 3.92. The summed E-state index contributed by atoms with van der Waals surface area (Å²) in [7, 11) is 0. The zero-order valence-corrected chi connectivity index (χ0v) is 12.1. The zero-order valence-electron chi connectivity index (χ0n) is 12.1. The summed E-state index contributed by atoms with van der Waals surface area (Å²) in [6, 6.07) is 1.15. The Morgan fingerprint density at radius 2 is 2.05 bits per heavy atom. The van der Waals surface area contributed by atoms with Crippen molar-refractivity contribution in [3.63, 3.8) is 0 Å². The lowest BCUT2D eigenvalue weighted by atomic mass is 9.79. The fraction of sp³-hybridized carbons (Fsp3) is 0.933. The van der Waals surface area contributed by atoms with E-state index in [-0.39, 0.29) is 5.41 Å². The van der Waals surface area contributed by atoms with Gasteiger partial charge in [0, 0.05) is 24.0 Å². The smallest absolute Gasteiger partial charge is 0.226 e. The highest BCUT2D eigenvalue weighted by Gasteiger charge is 2.37. The van der Waals surface area contributed by atoms with E-state index in [1.165, 1.54) is 32.4 Å². The zero-order chi connectivity index (χ0) is 13.3. The standard InChI is InChI=1S/C15H27N3O/c1-15(5-7-16-8-6-15)14(19)17-12-4-10-18-9-2-3-13(18)11-12/h12-13,16H,2-11H2,1H3,(H,17,19). The number of piperidine rings is 2. The van der Waals surface area contributed by atoms with Crippen LogP contribution in [-0.4, -0.2) is 49.1 Å². The van der Waals surface area contributed by atoms with Crippen LogP contribution in [0.1, 0.15) is 45.4 Å². The first kappa shape index (κ1) is 13.4. The van der Waals surface area contributed by atoms with Gasteiger partial charge in [-0.05, 0) is 58.2 Å². The first-order valence-corrected chi connectivity index (χ1v) is 7.93. The molecule has 4 nitrogen and oxygen atoms in total. The molecule has 0 saturated carbocycles. The van der Waals surface area contributed by atoms with E-state index in [1.807, 2.05) is 0 Å². The predicted molar refractivity (Wildman–Crippen MR) is 76.0 cm³/mol. The lowest BCUT2D eigenvalue weighted by Crippen LogP contribution is -2.52. The first-order valence-electron chi connectivity index (χ1n) is 7.93. The van der Waals surface area contributed by atoms with Gasteiger partial charge in [0.1, 0.15) is 0 Å². The summed E-state index contributed by atoms with van der Waals surface area (Å²) in [4.78, 5) is 15.1. The lowest BCUT2D eigenvalue weighted by Gasteiger charge is -2.38. The van der Waals surface area contributed by atoms with Gasteiger partial charge in [0.15, 0.2) is 0 Å². The average Bonchev–Trinajstić information content (AvgIpc) is 2.87. The Morgan fingerprint density at radius 3 is 2.84 bits per heavy atom. The number of amides is 1. The van der Waals surface area contributed by atoms with Gasteiger partial charge in [-0.25, -0.2) is 0 Å². The van der Waals surface area contributed by atoms with Gasteiger partial charge in [0.2, 0.25) is 5.91 Å². The van der Waals surface area contributed by atoms with Gasteiger partial charge in [-0.3, -0.25) is 4.79 Å². The second-order valence-corrected chi connectivity index (χ2v) is 6.84. The number of rotatable bonds is 2. The van der Waals surface area contributed by atoms with Crippen LogP contribution in [0.2, 0.25) is 0 Å². The molecule has 2 unspecified atom stereocenters. The van der Waals surface area contributed by atoms with E-state index >= 15 is 0 Å². The number of fused-ring (bicyclic) bond motifs is 1. The van der Waals surface area contributed by atoms with Crippen molar-refractivity contribution >= 4 is 5.91 Å². The third-order valence-corrected chi connectivity index (χ3v) is 5.41. The van der Waals surface area contributed by atoms with Crippen LogP contribution in [-0.2, 0) is 4.79 Å². The molecule has 0 spiro atoms. The number of nitrogens with zero attached hydrogens (tertiary/aromatic N) is 1. The van der Waals surface area contributed by atoms with Gasteiger partial charge in [-0.2, -0.15) is 0 Å². The molecule has 4 heteroatoms. The van der Waals surface area contributed by atoms with Gasteiger partial charge in [0.25, 0.3) is 0 Å². The van der Waals surface area contributed by atoms with Crippen LogP contribution in [0.4, 0.5) is 0 Å². The van der Waals surface area contributed by atoms with Crippen LogP contribution in [0.5, 0.6) is 0 Å². The molecule has 3 rings (SSSR count). The van der Waals surface area contributed by atoms with Gasteiger partial charge in [0.05, 0.1) is 0 Å². The molecule has 108 valence electrons. The topological polar surface area (TPSA) is 44.4 Å². The van der Waals surface area contributed by atoms with Gasteiger partial charge in [-0.1, -0.05) is 6.92 Å². The van der Waals surface area contributed by atoms with Crippen molar-refractivity contribution in [2.45, 2.75) is 57.5 Å². The van der Waals surface area contributed by atoms with Crippen molar-refractivity contribution in [3.05, 3.63) is 0 Å². The van der Waals surface area contributed by atoms with Crippen molar-refractivity contribution in [2.24, 2.45) is 5.41 Å². The maximum atomic E-state index is 12.5. The Balaban J connectivity index is 1.54. The Morgan fingerprint density at radius 1 is 1.26 bits per heavy atom. The van der Waals surface area contributed by atoms with Crippen molar-refractivity contribution in [3.8, 4) is 0 Å². The Labute approximate surface area is 116 Å². The first-order chi connectivity index (χ1) is 9.17. The molecule has 1 amide bonds. The lowest BCUT2D eigenvalue weighted by molar-refractivity contribution is -0.132. The number of carbonyl (C=O) groups is 1. The average molecular weight is 265 g/mol. The molecular formula is C15H27N3O. The molecule has 3 aliphatic heterocycles. The largest absolute Gasteiger partial charge is 0.353 e. The summed E-state index contributed by atoms with van der Waals surface area (Å²) in [5.41, 5.74) is -0.141. The molecule has 0 radical (unpaired) electrons. The molecule has 3 fully saturated rings. The SMILES string of the molecule is CC1(C(=O)NC2CCN3CCCC3C2)CCNCC1. The predicted octanol–water partition coefficient (Wildman–Crippen LogP) is 1.12. The molecule has 0 aromatic carbocycles. The third kappa shape index (κ3) is 2.79. The van der Waals surface area contributed by atoms with Crippen LogP contribution in [0.15, 0.2) is 0 Å². The summed E-state index contributed by atoms with van der Waals surface area (Å²) in [6.45, 7) is 6.53. The maximum absolute atomic E-state index is 12.5. The number of hydrogen-bond donors (Lipinski definition) is 2.